The van der Waals surface area contributed by atoms with Gasteiger partial charge >= 0.3 is 0 Å². The topological polar surface area (TPSA) is 40.2 Å². The molecule has 0 aliphatic heterocycles. The van der Waals surface area contributed by atoms with Gasteiger partial charge in [-0.15, -0.1) is 0 Å². The van der Waals surface area contributed by atoms with Gasteiger partial charge in [0.05, 0.1) is 7.11 Å². The molecule has 3 heteroatoms. The number of hydrogen-bond donors (Lipinski definition) is 1. The summed E-state index contributed by atoms with van der Waals surface area (Å²) in [5.74, 6) is 1.32. The molecule has 3 nitrogen and oxygen atoms in total. The lowest BCUT2D eigenvalue weighted by molar-refractivity contribution is 0.414. The molecule has 102 valence electrons. The van der Waals surface area contributed by atoms with Gasteiger partial charge in [0.15, 0.2) is 0 Å². The van der Waals surface area contributed by atoms with Crippen LogP contribution in [0.2, 0.25) is 0 Å². The Morgan fingerprint density at radius 2 is 1.84 bits per heavy atom. The Balaban J connectivity index is 2.16. The molecule has 19 heavy (non-hydrogen) atoms. The van der Waals surface area contributed by atoms with E-state index in [4.69, 9.17) is 10.5 Å². The Morgan fingerprint density at radius 1 is 1.16 bits per heavy atom. The van der Waals surface area contributed by atoms with Crippen molar-refractivity contribution in [2.45, 2.75) is 26.4 Å². The number of aromatic nitrogens is 1. The molecule has 2 aromatic rings. The third-order valence-corrected chi connectivity index (χ3v) is 3.44. The quantitative estimate of drug-likeness (QED) is 0.894. The number of methoxy groups -OCH3 is 1. The summed E-state index contributed by atoms with van der Waals surface area (Å²) in [6, 6.07) is 12.4. The lowest BCUT2D eigenvalue weighted by Gasteiger charge is -2.19. The summed E-state index contributed by atoms with van der Waals surface area (Å²) >= 11 is 0. The molecule has 1 aromatic heterocycles. The average molecular weight is 258 g/mol. The van der Waals surface area contributed by atoms with Crippen LogP contribution in [0.3, 0.4) is 0 Å². The minimum Gasteiger partial charge on any atom is -0.497 e. The van der Waals surface area contributed by atoms with E-state index in [1.165, 1.54) is 11.3 Å². The second-order valence-electron chi connectivity index (χ2n) is 5.18. The maximum atomic E-state index is 6.24. The van der Waals surface area contributed by atoms with Crippen LogP contribution < -0.4 is 10.5 Å². The summed E-state index contributed by atoms with van der Waals surface area (Å²) in [6.07, 6.45) is 2.09. The van der Waals surface area contributed by atoms with E-state index in [-0.39, 0.29) is 6.04 Å². The molecule has 0 aliphatic carbocycles. The van der Waals surface area contributed by atoms with Crippen LogP contribution >= 0.6 is 0 Å². The zero-order chi connectivity index (χ0) is 13.8. The van der Waals surface area contributed by atoms with E-state index >= 15 is 0 Å². The zero-order valence-electron chi connectivity index (χ0n) is 11.8. The highest BCUT2D eigenvalue weighted by Crippen LogP contribution is 2.21. The van der Waals surface area contributed by atoms with Crippen LogP contribution in [-0.4, -0.2) is 11.7 Å². The van der Waals surface area contributed by atoms with E-state index in [0.717, 1.165) is 12.3 Å². The summed E-state index contributed by atoms with van der Waals surface area (Å²) in [4.78, 5) is 0. The first kappa shape index (κ1) is 13.7. The minimum absolute atomic E-state index is 0.0771. The SMILES string of the molecule is COc1ccc(Cn2cccc2C(N)C(C)C)cc1. The normalized spacial score (nSPS) is 12.7. The standard InChI is InChI=1S/C16H22N2O/c1-12(2)16(17)15-5-4-10-18(15)11-13-6-8-14(19-3)9-7-13/h4-10,12,16H,11,17H2,1-3H3. The number of benzene rings is 1. The molecule has 2 rings (SSSR count). The van der Waals surface area contributed by atoms with Crippen molar-refractivity contribution in [3.05, 3.63) is 53.9 Å². The van der Waals surface area contributed by atoms with E-state index in [1.807, 2.05) is 12.1 Å². The van der Waals surface area contributed by atoms with E-state index in [9.17, 15) is 0 Å². The molecule has 2 N–H and O–H groups in total. The Hall–Kier alpha value is -1.74. The molecule has 0 radical (unpaired) electrons. The highest BCUT2D eigenvalue weighted by atomic mass is 16.5. The number of ether oxygens (including phenoxy) is 1. The predicted octanol–water partition coefficient (Wildman–Crippen LogP) is 3.20. The summed E-state index contributed by atoms with van der Waals surface area (Å²) in [7, 11) is 1.68. The van der Waals surface area contributed by atoms with Crippen molar-refractivity contribution in [2.75, 3.05) is 7.11 Å². The van der Waals surface area contributed by atoms with Gasteiger partial charge < -0.3 is 15.0 Å². The highest BCUT2D eigenvalue weighted by Gasteiger charge is 2.14. The van der Waals surface area contributed by atoms with Gasteiger partial charge in [-0.25, -0.2) is 0 Å². The molecule has 1 atom stereocenters. The monoisotopic (exact) mass is 258 g/mol. The third kappa shape index (κ3) is 3.18. The fraction of sp³-hybridized carbons (Fsp3) is 0.375. The molecule has 0 amide bonds. The van der Waals surface area contributed by atoms with Gasteiger partial charge in [-0.1, -0.05) is 26.0 Å². The zero-order valence-corrected chi connectivity index (χ0v) is 11.8. The van der Waals surface area contributed by atoms with Crippen molar-refractivity contribution in [3.8, 4) is 5.75 Å². The van der Waals surface area contributed by atoms with Crippen LogP contribution in [0.25, 0.3) is 0 Å². The lowest BCUT2D eigenvalue weighted by atomic mass is 10.0. The van der Waals surface area contributed by atoms with Gasteiger partial charge in [-0.3, -0.25) is 0 Å². The van der Waals surface area contributed by atoms with Crippen LogP contribution in [0.4, 0.5) is 0 Å². The molecular formula is C16H22N2O. The lowest BCUT2D eigenvalue weighted by Crippen LogP contribution is -2.20. The van der Waals surface area contributed by atoms with Gasteiger partial charge in [0.2, 0.25) is 0 Å². The molecule has 0 bridgehead atoms. The van der Waals surface area contributed by atoms with Crippen molar-refractivity contribution < 1.29 is 4.74 Å². The van der Waals surface area contributed by atoms with Crippen molar-refractivity contribution in [3.63, 3.8) is 0 Å². The van der Waals surface area contributed by atoms with Crippen LogP contribution in [0, 0.1) is 5.92 Å². The van der Waals surface area contributed by atoms with Gasteiger partial charge in [-0.05, 0) is 35.7 Å². The summed E-state index contributed by atoms with van der Waals surface area (Å²) in [5, 5.41) is 0. The van der Waals surface area contributed by atoms with Gasteiger partial charge in [-0.2, -0.15) is 0 Å². The van der Waals surface area contributed by atoms with Gasteiger partial charge in [0.25, 0.3) is 0 Å². The van der Waals surface area contributed by atoms with E-state index in [0.29, 0.717) is 5.92 Å². The summed E-state index contributed by atoms with van der Waals surface area (Å²) < 4.78 is 7.39. The van der Waals surface area contributed by atoms with Crippen LogP contribution in [0.15, 0.2) is 42.6 Å². The summed E-state index contributed by atoms with van der Waals surface area (Å²) in [6.45, 7) is 5.14. The first-order valence-electron chi connectivity index (χ1n) is 6.65. The minimum atomic E-state index is 0.0771. The molecule has 1 heterocycles. The summed E-state index contributed by atoms with van der Waals surface area (Å²) in [5.41, 5.74) is 8.67. The Bertz CT molecular complexity index is 514. The maximum Gasteiger partial charge on any atom is 0.118 e. The fourth-order valence-electron chi connectivity index (χ4n) is 2.14. The average Bonchev–Trinajstić information content (AvgIpc) is 2.86. The molecule has 0 spiro atoms. The smallest absolute Gasteiger partial charge is 0.118 e. The largest absolute Gasteiger partial charge is 0.497 e. The van der Waals surface area contributed by atoms with E-state index in [1.54, 1.807) is 7.11 Å². The fourth-order valence-corrected chi connectivity index (χ4v) is 2.14. The van der Waals surface area contributed by atoms with Crippen LogP contribution in [0.1, 0.15) is 31.1 Å². The molecule has 0 saturated carbocycles. The van der Waals surface area contributed by atoms with Crippen molar-refractivity contribution in [1.29, 1.82) is 0 Å². The highest BCUT2D eigenvalue weighted by molar-refractivity contribution is 5.28. The van der Waals surface area contributed by atoms with Gasteiger partial charge in [0.1, 0.15) is 5.75 Å². The van der Waals surface area contributed by atoms with Crippen LogP contribution in [-0.2, 0) is 6.54 Å². The maximum absolute atomic E-state index is 6.24. The third-order valence-electron chi connectivity index (χ3n) is 3.44. The van der Waals surface area contributed by atoms with Crippen molar-refractivity contribution >= 4 is 0 Å². The number of nitrogens with zero attached hydrogens (tertiary/aromatic N) is 1. The van der Waals surface area contributed by atoms with Crippen molar-refractivity contribution in [2.24, 2.45) is 11.7 Å². The molecule has 0 aliphatic rings. The van der Waals surface area contributed by atoms with E-state index < -0.39 is 0 Å². The number of nitrogens with two attached hydrogens (primary N) is 1. The molecule has 0 saturated heterocycles. The Morgan fingerprint density at radius 3 is 2.42 bits per heavy atom. The molecule has 1 aromatic carbocycles. The Labute approximate surface area is 115 Å². The Kier molecular flexibility index (Phi) is 4.27. The molecule has 1 unspecified atom stereocenters. The van der Waals surface area contributed by atoms with E-state index in [2.05, 4.69) is 48.9 Å². The number of rotatable bonds is 5. The molecular weight excluding hydrogens is 236 g/mol. The van der Waals surface area contributed by atoms with Crippen molar-refractivity contribution in [1.82, 2.24) is 4.57 Å². The second-order valence-corrected chi connectivity index (χ2v) is 5.18. The van der Waals surface area contributed by atoms with Crippen LogP contribution in [0.5, 0.6) is 5.75 Å². The first-order valence-corrected chi connectivity index (χ1v) is 6.65. The predicted molar refractivity (Wildman–Crippen MR) is 78.3 cm³/mol. The molecule has 0 fully saturated rings. The first-order chi connectivity index (χ1) is 9.11. The van der Waals surface area contributed by atoms with Gasteiger partial charge in [0, 0.05) is 24.5 Å². The second kappa shape index (κ2) is 5.93. The number of hydrogen-bond acceptors (Lipinski definition) is 2.